The lowest BCUT2D eigenvalue weighted by molar-refractivity contribution is -0.141. The number of nitrogens with one attached hydrogen (secondary N) is 1. The van der Waals surface area contributed by atoms with Gasteiger partial charge >= 0.3 is 0 Å². The minimum absolute atomic E-state index is 0.107. The molecule has 0 radical (unpaired) electrons. The molecular formula is C28H40ClN3O4S. The molecule has 7 nitrogen and oxygen atoms in total. The maximum Gasteiger partial charge on any atom is 0.242 e. The average molecular weight is 550 g/mol. The molecule has 1 atom stereocenters. The molecule has 0 saturated carbocycles. The lowest BCUT2D eigenvalue weighted by atomic mass is 10.0. The quantitative estimate of drug-likeness (QED) is 0.327. The molecule has 2 aromatic carbocycles. The van der Waals surface area contributed by atoms with Crippen molar-refractivity contribution in [3.8, 4) is 0 Å². The third-order valence-electron chi connectivity index (χ3n) is 6.41. The fourth-order valence-electron chi connectivity index (χ4n) is 4.23. The standard InChI is InChI=1S/C28H40ClN3O4S/c1-6-8-17-30-28(34)25(7-2)31(20-23-13-10-9-12-21(23)3)27(33)14-11-18-32(37(5,35)36)26-19-24(29)16-15-22(26)4/h9-10,12-13,15-16,19,25H,6-8,11,14,17-18,20H2,1-5H3,(H,30,34)/t25-/m1/s1. The highest BCUT2D eigenvalue weighted by atomic mass is 35.5. The summed E-state index contributed by atoms with van der Waals surface area (Å²) < 4.78 is 26.5. The van der Waals surface area contributed by atoms with Crippen molar-refractivity contribution in [2.45, 2.75) is 72.4 Å². The first-order valence-corrected chi connectivity index (χ1v) is 15.1. The summed E-state index contributed by atoms with van der Waals surface area (Å²) in [6.07, 6.45) is 3.87. The monoisotopic (exact) mass is 549 g/mol. The molecule has 37 heavy (non-hydrogen) atoms. The second kappa shape index (κ2) is 14.4. The van der Waals surface area contributed by atoms with Crippen LogP contribution in [0, 0.1) is 13.8 Å². The minimum Gasteiger partial charge on any atom is -0.354 e. The van der Waals surface area contributed by atoms with E-state index >= 15 is 0 Å². The molecule has 0 unspecified atom stereocenters. The Bertz CT molecular complexity index is 1170. The summed E-state index contributed by atoms with van der Waals surface area (Å²) in [6, 6.07) is 12.3. The lowest BCUT2D eigenvalue weighted by Gasteiger charge is -2.31. The van der Waals surface area contributed by atoms with Crippen molar-refractivity contribution in [3.05, 3.63) is 64.2 Å². The Morgan fingerprint density at radius 3 is 2.35 bits per heavy atom. The van der Waals surface area contributed by atoms with Gasteiger partial charge in [0.05, 0.1) is 11.9 Å². The van der Waals surface area contributed by atoms with Crippen molar-refractivity contribution in [1.29, 1.82) is 0 Å². The molecule has 0 heterocycles. The van der Waals surface area contributed by atoms with Gasteiger partial charge in [-0.3, -0.25) is 13.9 Å². The van der Waals surface area contributed by atoms with Crippen LogP contribution in [-0.4, -0.2) is 50.5 Å². The molecule has 0 saturated heterocycles. The predicted octanol–water partition coefficient (Wildman–Crippen LogP) is 5.23. The maximum absolute atomic E-state index is 13.5. The van der Waals surface area contributed by atoms with Gasteiger partial charge in [-0.15, -0.1) is 0 Å². The summed E-state index contributed by atoms with van der Waals surface area (Å²) >= 11 is 6.13. The molecule has 0 aliphatic carbocycles. The second-order valence-electron chi connectivity index (χ2n) is 9.39. The molecule has 2 rings (SSSR count). The van der Waals surface area contributed by atoms with E-state index in [-0.39, 0.29) is 24.8 Å². The van der Waals surface area contributed by atoms with Gasteiger partial charge < -0.3 is 10.2 Å². The summed E-state index contributed by atoms with van der Waals surface area (Å²) in [5, 5.41) is 3.40. The van der Waals surface area contributed by atoms with Crippen LogP contribution in [-0.2, 0) is 26.2 Å². The van der Waals surface area contributed by atoms with E-state index < -0.39 is 16.1 Å². The van der Waals surface area contributed by atoms with Gasteiger partial charge in [-0.25, -0.2) is 8.42 Å². The molecule has 0 aromatic heterocycles. The van der Waals surface area contributed by atoms with Crippen LogP contribution in [0.2, 0.25) is 5.02 Å². The van der Waals surface area contributed by atoms with Crippen molar-refractivity contribution in [2.75, 3.05) is 23.7 Å². The number of sulfonamides is 1. The molecule has 0 aliphatic rings. The van der Waals surface area contributed by atoms with Crippen molar-refractivity contribution in [3.63, 3.8) is 0 Å². The van der Waals surface area contributed by atoms with Crippen LogP contribution in [0.25, 0.3) is 0 Å². The van der Waals surface area contributed by atoms with Crippen LogP contribution in [0.1, 0.15) is 62.6 Å². The molecule has 2 amide bonds. The van der Waals surface area contributed by atoms with Gasteiger partial charge in [0.1, 0.15) is 6.04 Å². The third kappa shape index (κ3) is 9.04. The minimum atomic E-state index is -3.59. The van der Waals surface area contributed by atoms with E-state index in [1.165, 1.54) is 4.31 Å². The van der Waals surface area contributed by atoms with E-state index in [9.17, 15) is 18.0 Å². The fraction of sp³-hybridized carbons (Fsp3) is 0.500. The predicted molar refractivity (Wildman–Crippen MR) is 151 cm³/mol. The number of rotatable bonds is 14. The lowest BCUT2D eigenvalue weighted by Crippen LogP contribution is -2.49. The van der Waals surface area contributed by atoms with Crippen LogP contribution >= 0.6 is 11.6 Å². The number of hydrogen-bond acceptors (Lipinski definition) is 4. The highest BCUT2D eigenvalue weighted by molar-refractivity contribution is 7.92. The summed E-state index contributed by atoms with van der Waals surface area (Å²) in [6.45, 7) is 8.77. The first kappa shape index (κ1) is 30.6. The highest BCUT2D eigenvalue weighted by Gasteiger charge is 2.29. The van der Waals surface area contributed by atoms with Crippen LogP contribution in [0.15, 0.2) is 42.5 Å². The number of unbranched alkanes of at least 4 members (excludes halogenated alkanes) is 1. The Hall–Kier alpha value is -2.58. The number of nitrogens with zero attached hydrogens (tertiary/aromatic N) is 2. The van der Waals surface area contributed by atoms with Crippen LogP contribution in [0.3, 0.4) is 0 Å². The Balaban J connectivity index is 2.24. The van der Waals surface area contributed by atoms with Gasteiger partial charge in [0.25, 0.3) is 0 Å². The van der Waals surface area contributed by atoms with Crippen molar-refractivity contribution in [2.24, 2.45) is 0 Å². The van der Waals surface area contributed by atoms with Gasteiger partial charge in [0.2, 0.25) is 21.8 Å². The van der Waals surface area contributed by atoms with E-state index in [0.29, 0.717) is 36.6 Å². The Kier molecular flexibility index (Phi) is 11.9. The number of aryl methyl sites for hydroxylation is 2. The zero-order valence-corrected chi connectivity index (χ0v) is 24.2. The van der Waals surface area contributed by atoms with E-state index in [1.54, 1.807) is 23.1 Å². The zero-order valence-electron chi connectivity index (χ0n) is 22.6. The molecule has 204 valence electrons. The smallest absolute Gasteiger partial charge is 0.242 e. The molecule has 0 spiro atoms. The summed E-state index contributed by atoms with van der Waals surface area (Å²) in [7, 11) is -3.59. The molecule has 0 fully saturated rings. The van der Waals surface area contributed by atoms with Crippen molar-refractivity contribution in [1.82, 2.24) is 10.2 Å². The first-order valence-electron chi connectivity index (χ1n) is 12.8. The fourth-order valence-corrected chi connectivity index (χ4v) is 5.41. The van der Waals surface area contributed by atoms with E-state index in [1.807, 2.05) is 45.0 Å². The topological polar surface area (TPSA) is 86.8 Å². The largest absolute Gasteiger partial charge is 0.354 e. The average Bonchev–Trinajstić information content (AvgIpc) is 2.84. The Labute approximate surface area is 227 Å². The van der Waals surface area contributed by atoms with Crippen LogP contribution < -0.4 is 9.62 Å². The molecule has 2 aromatic rings. The van der Waals surface area contributed by atoms with E-state index in [0.717, 1.165) is 35.8 Å². The van der Waals surface area contributed by atoms with Gasteiger partial charge in [-0.05, 0) is 61.9 Å². The summed E-state index contributed by atoms with van der Waals surface area (Å²) in [5.74, 6) is -0.345. The Morgan fingerprint density at radius 1 is 1.03 bits per heavy atom. The summed E-state index contributed by atoms with van der Waals surface area (Å²) in [5.41, 5.74) is 3.29. The number of carbonyl (C=O) groups excluding carboxylic acids is 2. The highest BCUT2D eigenvalue weighted by Crippen LogP contribution is 2.27. The van der Waals surface area contributed by atoms with Gasteiger partial charge in [0.15, 0.2) is 0 Å². The third-order valence-corrected chi connectivity index (χ3v) is 7.82. The number of benzene rings is 2. The van der Waals surface area contributed by atoms with Crippen molar-refractivity contribution >= 4 is 39.1 Å². The number of amides is 2. The Morgan fingerprint density at radius 2 is 1.73 bits per heavy atom. The van der Waals surface area contributed by atoms with Crippen LogP contribution in [0.4, 0.5) is 5.69 Å². The van der Waals surface area contributed by atoms with Gasteiger partial charge in [-0.2, -0.15) is 0 Å². The van der Waals surface area contributed by atoms with E-state index in [2.05, 4.69) is 12.2 Å². The van der Waals surface area contributed by atoms with Gasteiger partial charge in [0, 0.05) is 31.1 Å². The molecule has 0 bridgehead atoms. The number of halogens is 1. The number of anilines is 1. The van der Waals surface area contributed by atoms with Crippen LogP contribution in [0.5, 0.6) is 0 Å². The van der Waals surface area contributed by atoms with Gasteiger partial charge in [-0.1, -0.05) is 62.2 Å². The normalized spacial score (nSPS) is 12.2. The molecule has 9 heteroatoms. The number of hydrogen-bond donors (Lipinski definition) is 1. The first-order chi connectivity index (χ1) is 17.5. The zero-order chi connectivity index (χ0) is 27.6. The summed E-state index contributed by atoms with van der Waals surface area (Å²) in [4.78, 5) is 28.2. The SMILES string of the molecule is CCCCNC(=O)[C@@H](CC)N(Cc1ccccc1C)C(=O)CCCN(c1cc(Cl)ccc1C)S(C)(=O)=O. The number of carbonyl (C=O) groups is 2. The second-order valence-corrected chi connectivity index (χ2v) is 11.7. The maximum atomic E-state index is 13.5. The molecular weight excluding hydrogens is 510 g/mol. The molecule has 1 N–H and O–H groups in total. The van der Waals surface area contributed by atoms with Crippen molar-refractivity contribution < 1.29 is 18.0 Å². The molecule has 0 aliphatic heterocycles. The van der Waals surface area contributed by atoms with E-state index in [4.69, 9.17) is 11.6 Å².